The summed E-state index contributed by atoms with van der Waals surface area (Å²) in [6.45, 7) is -0.110. The molecule has 3 atom stereocenters. The lowest BCUT2D eigenvalue weighted by molar-refractivity contribution is -0.143. The van der Waals surface area contributed by atoms with E-state index in [4.69, 9.17) is 28.0 Å². The van der Waals surface area contributed by atoms with Gasteiger partial charge in [0.25, 0.3) is 0 Å². The maximum atomic E-state index is 12.9. The van der Waals surface area contributed by atoms with Crippen LogP contribution in [0.4, 0.5) is 0 Å². The smallest absolute Gasteiger partial charge is 0.322 e. The minimum Gasteiger partial charge on any atom is -0.480 e. The van der Waals surface area contributed by atoms with Crippen LogP contribution in [0.3, 0.4) is 0 Å². The molecule has 1 saturated heterocycles. The predicted octanol–water partition coefficient (Wildman–Crippen LogP) is -4.08. The number of carbonyl (C=O) groups excluding carboxylic acids is 4. The molecule has 0 radical (unpaired) electrons. The van der Waals surface area contributed by atoms with Gasteiger partial charge in [0.1, 0.15) is 18.6 Å². The summed E-state index contributed by atoms with van der Waals surface area (Å²) >= 11 is 0. The van der Waals surface area contributed by atoms with Gasteiger partial charge in [-0.25, -0.2) is 0 Å². The summed E-state index contributed by atoms with van der Waals surface area (Å²) < 4.78 is 0. The van der Waals surface area contributed by atoms with Gasteiger partial charge >= 0.3 is 5.97 Å². The first-order valence-electron chi connectivity index (χ1n) is 9.72. The third-order valence-electron chi connectivity index (χ3n) is 4.58. The van der Waals surface area contributed by atoms with Crippen LogP contribution in [-0.2, 0) is 24.0 Å². The Kier molecular flexibility index (Phi) is 10.2. The van der Waals surface area contributed by atoms with Gasteiger partial charge in [-0.15, -0.1) is 0 Å². The highest BCUT2D eigenvalue weighted by atomic mass is 16.4. The molecular formula is C17H30N8O6. The van der Waals surface area contributed by atoms with Crippen LogP contribution in [0.2, 0.25) is 0 Å². The van der Waals surface area contributed by atoms with Crippen LogP contribution in [0.25, 0.3) is 0 Å². The molecule has 0 bridgehead atoms. The number of hydrogen-bond donors (Lipinski definition) is 7. The normalized spacial score (nSPS) is 17.3. The zero-order valence-corrected chi connectivity index (χ0v) is 17.1. The van der Waals surface area contributed by atoms with E-state index < -0.39 is 60.7 Å². The van der Waals surface area contributed by atoms with E-state index in [1.54, 1.807) is 0 Å². The van der Waals surface area contributed by atoms with Gasteiger partial charge in [-0.05, 0) is 25.7 Å². The second-order valence-corrected chi connectivity index (χ2v) is 7.09. The maximum Gasteiger partial charge on any atom is 0.322 e. The summed E-state index contributed by atoms with van der Waals surface area (Å²) in [6, 6.07) is -3.19. The fourth-order valence-electron chi connectivity index (χ4n) is 3.11. The van der Waals surface area contributed by atoms with E-state index in [0.717, 1.165) is 0 Å². The van der Waals surface area contributed by atoms with Gasteiger partial charge < -0.3 is 43.6 Å². The van der Waals surface area contributed by atoms with Crippen molar-refractivity contribution in [3.8, 4) is 0 Å². The highest BCUT2D eigenvalue weighted by Crippen LogP contribution is 2.19. The van der Waals surface area contributed by atoms with Crippen LogP contribution in [-0.4, -0.2) is 83.3 Å². The Hall–Kier alpha value is -3.42. The maximum absolute atomic E-state index is 12.9. The van der Waals surface area contributed by atoms with Crippen LogP contribution < -0.4 is 33.6 Å². The molecule has 0 aromatic carbocycles. The fraction of sp³-hybridized carbons (Fsp3) is 0.647. The number of primary amides is 1. The van der Waals surface area contributed by atoms with Crippen LogP contribution in [0.1, 0.15) is 32.1 Å². The molecule has 4 amide bonds. The van der Waals surface area contributed by atoms with Crippen molar-refractivity contribution in [1.29, 1.82) is 0 Å². The molecule has 0 aliphatic carbocycles. The van der Waals surface area contributed by atoms with Gasteiger partial charge in [-0.3, -0.25) is 29.0 Å². The predicted molar refractivity (Wildman–Crippen MR) is 109 cm³/mol. The minimum atomic E-state index is -1.30. The Morgan fingerprint density at radius 3 is 2.42 bits per heavy atom. The van der Waals surface area contributed by atoms with E-state index in [-0.39, 0.29) is 25.5 Å². The van der Waals surface area contributed by atoms with Crippen molar-refractivity contribution in [3.63, 3.8) is 0 Å². The molecule has 0 spiro atoms. The Morgan fingerprint density at radius 2 is 1.84 bits per heavy atom. The number of hydrogen-bond acceptors (Lipinski definition) is 7. The van der Waals surface area contributed by atoms with Gasteiger partial charge in [-0.1, -0.05) is 0 Å². The number of nitrogens with zero attached hydrogens (tertiary/aromatic N) is 2. The van der Waals surface area contributed by atoms with Gasteiger partial charge in [-0.2, -0.15) is 0 Å². The zero-order valence-electron chi connectivity index (χ0n) is 17.1. The molecule has 0 aromatic heterocycles. The monoisotopic (exact) mass is 442 g/mol. The lowest BCUT2D eigenvalue weighted by Gasteiger charge is -2.28. The third kappa shape index (κ3) is 8.86. The highest BCUT2D eigenvalue weighted by molar-refractivity contribution is 5.96. The molecule has 3 unspecified atom stereocenters. The van der Waals surface area contributed by atoms with E-state index in [9.17, 15) is 24.0 Å². The second-order valence-electron chi connectivity index (χ2n) is 7.09. The molecule has 0 aromatic rings. The molecule has 14 heteroatoms. The van der Waals surface area contributed by atoms with Gasteiger partial charge in [0.05, 0.1) is 12.5 Å². The van der Waals surface area contributed by atoms with E-state index >= 15 is 0 Å². The zero-order chi connectivity index (χ0) is 23.6. The molecule has 31 heavy (non-hydrogen) atoms. The summed E-state index contributed by atoms with van der Waals surface area (Å²) in [5.41, 5.74) is 21.5. The van der Waals surface area contributed by atoms with Gasteiger partial charge in [0, 0.05) is 13.1 Å². The first-order valence-corrected chi connectivity index (χ1v) is 9.72. The van der Waals surface area contributed by atoms with Crippen molar-refractivity contribution < 1.29 is 29.1 Å². The van der Waals surface area contributed by atoms with Crippen LogP contribution in [0.15, 0.2) is 4.99 Å². The molecule has 14 nitrogen and oxygen atoms in total. The summed E-state index contributed by atoms with van der Waals surface area (Å²) in [5.74, 6) is -4.11. The van der Waals surface area contributed by atoms with Crippen molar-refractivity contribution >= 4 is 35.6 Å². The van der Waals surface area contributed by atoms with Crippen LogP contribution in [0, 0.1) is 0 Å². The Morgan fingerprint density at radius 1 is 1.16 bits per heavy atom. The minimum absolute atomic E-state index is 0.0855. The lowest BCUT2D eigenvalue weighted by atomic mass is 10.1. The number of aliphatic carboxylic acids is 1. The number of likely N-dealkylation sites (tertiary alicyclic amines) is 1. The number of nitrogens with two attached hydrogens (primary N) is 4. The second kappa shape index (κ2) is 12.3. The molecule has 1 rings (SSSR count). The number of amides is 4. The summed E-state index contributed by atoms with van der Waals surface area (Å²) in [6.07, 6.45) is 0.978. The number of carboxylic acids is 1. The number of carboxylic acid groups (broad SMARTS) is 1. The average Bonchev–Trinajstić information content (AvgIpc) is 3.17. The van der Waals surface area contributed by atoms with Crippen molar-refractivity contribution in [3.05, 3.63) is 0 Å². The highest BCUT2D eigenvalue weighted by Gasteiger charge is 2.38. The molecule has 1 fully saturated rings. The third-order valence-corrected chi connectivity index (χ3v) is 4.58. The van der Waals surface area contributed by atoms with Crippen LogP contribution in [0.5, 0.6) is 0 Å². The van der Waals surface area contributed by atoms with E-state index in [0.29, 0.717) is 19.3 Å². The number of nitrogens with one attached hydrogen (secondary N) is 2. The summed E-state index contributed by atoms with van der Waals surface area (Å²) in [5, 5.41) is 13.3. The van der Waals surface area contributed by atoms with E-state index in [2.05, 4.69) is 15.6 Å². The quantitative estimate of drug-likeness (QED) is 0.0880. The average molecular weight is 442 g/mol. The Bertz CT molecular complexity index is 723. The SMILES string of the molecule is NC(=O)CC(NC(=O)C(N)CCCN=C(N)N)C(=O)N1CCCC1C(=O)NCC(=O)O. The molecule has 1 aliphatic rings. The van der Waals surface area contributed by atoms with E-state index in [1.165, 1.54) is 4.90 Å². The van der Waals surface area contributed by atoms with Crippen molar-refractivity contribution in [2.75, 3.05) is 19.6 Å². The first-order chi connectivity index (χ1) is 14.5. The topological polar surface area (TPSA) is 249 Å². The van der Waals surface area contributed by atoms with Crippen molar-refractivity contribution in [2.24, 2.45) is 27.9 Å². The number of aliphatic imine (C=N–C) groups is 1. The Labute approximate surface area is 178 Å². The van der Waals surface area contributed by atoms with Crippen LogP contribution >= 0.6 is 0 Å². The molecule has 0 saturated carbocycles. The summed E-state index contributed by atoms with van der Waals surface area (Å²) in [7, 11) is 0. The molecule has 174 valence electrons. The molecule has 11 N–H and O–H groups in total. The first kappa shape index (κ1) is 25.6. The largest absolute Gasteiger partial charge is 0.480 e. The molecular weight excluding hydrogens is 412 g/mol. The number of rotatable bonds is 12. The van der Waals surface area contributed by atoms with E-state index in [1.807, 2.05) is 0 Å². The van der Waals surface area contributed by atoms with Gasteiger partial charge in [0.2, 0.25) is 23.6 Å². The Balaban J connectivity index is 2.78. The standard InChI is InChI=1S/C17H30N8O6/c18-9(3-1-5-22-17(20)21)14(29)24-10(7-12(19)26)16(31)25-6-2-4-11(25)15(30)23-8-13(27)28/h9-11H,1-8,18H2,(H2,19,26)(H,23,30)(H,24,29)(H,27,28)(H4,20,21,22). The molecule has 1 aliphatic heterocycles. The van der Waals surface area contributed by atoms with Crippen molar-refractivity contribution in [2.45, 2.75) is 50.2 Å². The number of guanidine groups is 1. The summed E-state index contributed by atoms with van der Waals surface area (Å²) in [4.78, 5) is 64.6. The lowest BCUT2D eigenvalue weighted by Crippen LogP contribution is -2.56. The van der Waals surface area contributed by atoms with Crippen molar-refractivity contribution in [1.82, 2.24) is 15.5 Å². The number of carbonyl (C=O) groups is 5. The van der Waals surface area contributed by atoms with Gasteiger partial charge in [0.15, 0.2) is 5.96 Å². The fourth-order valence-corrected chi connectivity index (χ4v) is 3.11. The molecule has 1 heterocycles.